The van der Waals surface area contributed by atoms with Crippen LogP contribution in [-0.4, -0.2) is 51.1 Å². The number of carbonyl (C=O) groups excluding carboxylic acids is 3. The summed E-state index contributed by atoms with van der Waals surface area (Å²) in [6, 6.07) is 9.17. The largest absolute Gasteiger partial charge is 0.493 e. The lowest BCUT2D eigenvalue weighted by molar-refractivity contribution is -0.118. The van der Waals surface area contributed by atoms with Crippen LogP contribution in [0.25, 0.3) is 0 Å². The summed E-state index contributed by atoms with van der Waals surface area (Å²) in [4.78, 5) is 38.8. The predicted octanol–water partition coefficient (Wildman–Crippen LogP) is 3.00. The van der Waals surface area contributed by atoms with Gasteiger partial charge in [-0.2, -0.15) is 0 Å². The number of nitrogens with one attached hydrogen (secondary N) is 3. The van der Waals surface area contributed by atoms with Gasteiger partial charge in [0.15, 0.2) is 11.5 Å². The van der Waals surface area contributed by atoms with Crippen LogP contribution in [0.5, 0.6) is 17.2 Å². The van der Waals surface area contributed by atoms with Gasteiger partial charge >= 0.3 is 0 Å². The highest BCUT2D eigenvalue weighted by Gasteiger charge is 2.28. The van der Waals surface area contributed by atoms with Crippen LogP contribution in [0.15, 0.2) is 36.4 Å². The molecule has 0 saturated heterocycles. The zero-order valence-electron chi connectivity index (χ0n) is 20.1. The lowest BCUT2D eigenvalue weighted by atomic mass is 10.0. The van der Waals surface area contributed by atoms with Gasteiger partial charge in [0.25, 0.3) is 11.8 Å². The van der Waals surface area contributed by atoms with Gasteiger partial charge < -0.3 is 30.2 Å². The molecule has 0 spiro atoms. The molecule has 0 bridgehead atoms. The number of anilines is 1. The van der Waals surface area contributed by atoms with Crippen molar-refractivity contribution in [3.63, 3.8) is 0 Å². The fourth-order valence-electron chi connectivity index (χ4n) is 3.46. The Bertz CT molecular complexity index is 1040. The van der Waals surface area contributed by atoms with E-state index in [1.807, 2.05) is 13.8 Å². The summed E-state index contributed by atoms with van der Waals surface area (Å²) < 4.78 is 15.9. The molecule has 3 N–H and O–H groups in total. The molecule has 3 amide bonds. The Balaban J connectivity index is 1.79. The molecule has 2 aromatic carbocycles. The molecule has 1 aliphatic rings. The van der Waals surface area contributed by atoms with Crippen LogP contribution in [0.4, 0.5) is 5.69 Å². The number of carbonyl (C=O) groups is 3. The van der Waals surface area contributed by atoms with E-state index in [-0.39, 0.29) is 23.4 Å². The van der Waals surface area contributed by atoms with Gasteiger partial charge in [0.05, 0.1) is 32.6 Å². The monoisotopic (exact) mass is 469 g/mol. The van der Waals surface area contributed by atoms with E-state index in [2.05, 4.69) is 16.0 Å². The third-order valence-electron chi connectivity index (χ3n) is 5.50. The van der Waals surface area contributed by atoms with Crippen LogP contribution < -0.4 is 30.2 Å². The second-order valence-electron chi connectivity index (χ2n) is 8.39. The summed E-state index contributed by atoms with van der Waals surface area (Å²) in [6.45, 7) is 3.65. The Morgan fingerprint density at radius 3 is 2.06 bits per heavy atom. The number of amides is 3. The number of rotatable bonds is 10. The highest BCUT2D eigenvalue weighted by molar-refractivity contribution is 6.06. The SMILES string of the molecule is COc1cc(C(=O)N[C@H](C(=O)Nc2ccccc2C(=O)NC2CC2)C(C)C)cc(OC)c1OC. The van der Waals surface area contributed by atoms with Crippen molar-refractivity contribution in [2.45, 2.75) is 38.8 Å². The number of methoxy groups -OCH3 is 3. The maximum absolute atomic E-state index is 13.2. The highest BCUT2D eigenvalue weighted by atomic mass is 16.5. The summed E-state index contributed by atoms with van der Waals surface area (Å²) in [5.41, 5.74) is 1.01. The Hall–Kier alpha value is -3.75. The minimum absolute atomic E-state index is 0.192. The molecule has 182 valence electrons. The smallest absolute Gasteiger partial charge is 0.253 e. The minimum atomic E-state index is -0.855. The summed E-state index contributed by atoms with van der Waals surface area (Å²) in [7, 11) is 4.39. The van der Waals surface area contributed by atoms with Gasteiger partial charge in [-0.05, 0) is 43.0 Å². The Labute approximate surface area is 199 Å². The average molecular weight is 470 g/mol. The van der Waals surface area contributed by atoms with E-state index in [4.69, 9.17) is 14.2 Å². The fraction of sp³-hybridized carbons (Fsp3) is 0.400. The average Bonchev–Trinajstić information content (AvgIpc) is 3.65. The standard InChI is InChI=1S/C25H31N3O6/c1-14(2)21(28-23(29)15-12-19(32-3)22(34-5)20(13-15)33-4)25(31)27-18-9-7-6-8-17(18)24(30)26-16-10-11-16/h6-9,12-14,16,21H,10-11H2,1-5H3,(H,26,30)(H,27,31)(H,28,29)/t21-/m0/s1. The highest BCUT2D eigenvalue weighted by Crippen LogP contribution is 2.38. The van der Waals surface area contributed by atoms with E-state index in [9.17, 15) is 14.4 Å². The molecule has 1 atom stereocenters. The fourth-order valence-corrected chi connectivity index (χ4v) is 3.46. The van der Waals surface area contributed by atoms with Gasteiger partial charge in [0.1, 0.15) is 6.04 Å². The number of para-hydroxylation sites is 1. The summed E-state index contributed by atoms with van der Waals surface area (Å²) in [6.07, 6.45) is 1.92. The van der Waals surface area contributed by atoms with E-state index >= 15 is 0 Å². The van der Waals surface area contributed by atoms with Gasteiger partial charge in [0.2, 0.25) is 11.7 Å². The first-order valence-corrected chi connectivity index (χ1v) is 11.1. The molecule has 34 heavy (non-hydrogen) atoms. The predicted molar refractivity (Wildman–Crippen MR) is 128 cm³/mol. The Kier molecular flexibility index (Phi) is 7.99. The molecular weight excluding hydrogens is 438 g/mol. The molecule has 2 aromatic rings. The minimum Gasteiger partial charge on any atom is -0.493 e. The molecule has 9 nitrogen and oxygen atoms in total. The Morgan fingerprint density at radius 1 is 0.912 bits per heavy atom. The van der Waals surface area contributed by atoms with Crippen LogP contribution in [0.2, 0.25) is 0 Å². The molecule has 0 heterocycles. The molecule has 0 radical (unpaired) electrons. The second kappa shape index (κ2) is 10.9. The molecular formula is C25H31N3O6. The first-order valence-electron chi connectivity index (χ1n) is 11.1. The quantitative estimate of drug-likeness (QED) is 0.493. The molecule has 1 fully saturated rings. The number of benzene rings is 2. The first-order chi connectivity index (χ1) is 16.3. The van der Waals surface area contributed by atoms with E-state index in [0.717, 1.165) is 12.8 Å². The van der Waals surface area contributed by atoms with Crippen molar-refractivity contribution in [1.29, 1.82) is 0 Å². The topological polar surface area (TPSA) is 115 Å². The third kappa shape index (κ3) is 5.78. The second-order valence-corrected chi connectivity index (χ2v) is 8.39. The first kappa shape index (κ1) is 24.9. The maximum atomic E-state index is 13.2. The van der Waals surface area contributed by atoms with E-state index in [0.29, 0.717) is 28.5 Å². The third-order valence-corrected chi connectivity index (χ3v) is 5.50. The van der Waals surface area contributed by atoms with E-state index < -0.39 is 17.9 Å². The molecule has 1 saturated carbocycles. The van der Waals surface area contributed by atoms with Crippen molar-refractivity contribution in [3.05, 3.63) is 47.5 Å². The molecule has 3 rings (SSSR count). The molecule has 0 aliphatic heterocycles. The molecule has 1 aliphatic carbocycles. The van der Waals surface area contributed by atoms with E-state index in [1.54, 1.807) is 24.3 Å². The van der Waals surface area contributed by atoms with Gasteiger partial charge in [0, 0.05) is 11.6 Å². The van der Waals surface area contributed by atoms with Gasteiger partial charge in [-0.1, -0.05) is 26.0 Å². The number of ether oxygens (including phenoxy) is 3. The number of hydrogen-bond donors (Lipinski definition) is 3. The normalized spacial score (nSPS) is 13.6. The molecule has 9 heteroatoms. The Morgan fingerprint density at radius 2 is 1.53 bits per heavy atom. The van der Waals surface area contributed by atoms with Crippen LogP contribution in [-0.2, 0) is 4.79 Å². The van der Waals surface area contributed by atoms with Crippen molar-refractivity contribution >= 4 is 23.4 Å². The molecule has 0 aromatic heterocycles. The summed E-state index contributed by atoms with van der Waals surface area (Å²) in [5.74, 6) is -0.350. The lowest BCUT2D eigenvalue weighted by Crippen LogP contribution is -2.47. The van der Waals surface area contributed by atoms with Crippen molar-refractivity contribution in [2.24, 2.45) is 5.92 Å². The van der Waals surface area contributed by atoms with Crippen molar-refractivity contribution in [2.75, 3.05) is 26.6 Å². The van der Waals surface area contributed by atoms with E-state index in [1.165, 1.54) is 33.5 Å². The maximum Gasteiger partial charge on any atom is 0.253 e. The lowest BCUT2D eigenvalue weighted by Gasteiger charge is -2.23. The van der Waals surface area contributed by atoms with Gasteiger partial charge in [-0.3, -0.25) is 14.4 Å². The van der Waals surface area contributed by atoms with Gasteiger partial charge in [-0.25, -0.2) is 0 Å². The zero-order valence-corrected chi connectivity index (χ0v) is 20.1. The van der Waals surface area contributed by atoms with Crippen LogP contribution >= 0.6 is 0 Å². The number of hydrogen-bond acceptors (Lipinski definition) is 6. The summed E-state index contributed by atoms with van der Waals surface area (Å²) >= 11 is 0. The van der Waals surface area contributed by atoms with Crippen LogP contribution in [0.1, 0.15) is 47.4 Å². The molecule has 0 unspecified atom stereocenters. The zero-order chi connectivity index (χ0) is 24.8. The van der Waals surface area contributed by atoms with Crippen molar-refractivity contribution in [3.8, 4) is 17.2 Å². The van der Waals surface area contributed by atoms with Gasteiger partial charge in [-0.15, -0.1) is 0 Å². The van der Waals surface area contributed by atoms with Crippen LogP contribution in [0.3, 0.4) is 0 Å². The van der Waals surface area contributed by atoms with Crippen molar-refractivity contribution in [1.82, 2.24) is 10.6 Å². The van der Waals surface area contributed by atoms with Crippen LogP contribution in [0, 0.1) is 5.92 Å². The van der Waals surface area contributed by atoms with Crippen molar-refractivity contribution < 1.29 is 28.6 Å². The summed E-state index contributed by atoms with van der Waals surface area (Å²) in [5, 5.41) is 8.51.